The summed E-state index contributed by atoms with van der Waals surface area (Å²) < 4.78 is 42.8. The zero-order valence-electron chi connectivity index (χ0n) is 34.7. The summed E-state index contributed by atoms with van der Waals surface area (Å²) in [6, 6.07) is 12.2. The maximum absolute atomic E-state index is 14.6. The number of hydrogen-bond acceptors (Lipinski definition) is 9. The van der Waals surface area contributed by atoms with Crippen molar-refractivity contribution in [3.05, 3.63) is 60.2 Å². The lowest BCUT2D eigenvalue weighted by Gasteiger charge is -2.30. The molecule has 2 aromatic carbocycles. The average molecular weight is 820 g/mol. The molecule has 2 fully saturated rings. The van der Waals surface area contributed by atoms with Crippen molar-refractivity contribution in [2.45, 2.75) is 122 Å². The summed E-state index contributed by atoms with van der Waals surface area (Å²) in [5.41, 5.74) is 2.31. The lowest BCUT2D eigenvalue weighted by atomic mass is 9.99. The predicted molar refractivity (Wildman–Crippen MR) is 220 cm³/mol. The lowest BCUT2D eigenvalue weighted by molar-refractivity contribution is -0.141. The van der Waals surface area contributed by atoms with Crippen LogP contribution in [-0.4, -0.2) is 101 Å². The number of allylic oxidation sites excluding steroid dienone is 1. The van der Waals surface area contributed by atoms with E-state index in [4.69, 9.17) is 14.5 Å². The van der Waals surface area contributed by atoms with Gasteiger partial charge in [-0.25, -0.2) is 9.52 Å². The number of nitrogens with one attached hydrogen (secondary N) is 3. The Morgan fingerprint density at radius 3 is 2.45 bits per heavy atom. The van der Waals surface area contributed by atoms with Gasteiger partial charge in [0.1, 0.15) is 34.8 Å². The van der Waals surface area contributed by atoms with Crippen LogP contribution >= 0.6 is 0 Å². The minimum Gasteiger partial charge on any atom is -0.459 e. The van der Waals surface area contributed by atoms with Crippen LogP contribution in [0.4, 0.5) is 4.79 Å². The SMILES string of the molecule is Cc1ccccc1-c1cccc2c1nc(O[C@@H]1C[C@H]3C(=O)N[C@]4(C(=O)NS(=O)(=O)N(C)C)C[C@H]4C=CCCCCC[C@H](NC(=O)OC(C)(C)C)C(=O)N3C1)n2C(C)C. The van der Waals surface area contributed by atoms with Crippen LogP contribution in [0.25, 0.3) is 22.2 Å². The summed E-state index contributed by atoms with van der Waals surface area (Å²) in [6.45, 7) is 11.3. The van der Waals surface area contributed by atoms with Crippen molar-refractivity contribution in [2.24, 2.45) is 5.92 Å². The molecule has 6 rings (SSSR count). The molecular formula is C42H57N7O8S. The van der Waals surface area contributed by atoms with E-state index in [9.17, 15) is 27.6 Å². The molecule has 2 aliphatic heterocycles. The van der Waals surface area contributed by atoms with E-state index in [1.54, 1.807) is 20.8 Å². The van der Waals surface area contributed by atoms with Crippen LogP contribution in [0.15, 0.2) is 54.6 Å². The molecule has 0 spiro atoms. The van der Waals surface area contributed by atoms with Crippen molar-refractivity contribution in [2.75, 3.05) is 20.6 Å². The predicted octanol–water partition coefficient (Wildman–Crippen LogP) is 5.15. The topological polar surface area (TPSA) is 181 Å². The molecule has 4 amide bonds. The van der Waals surface area contributed by atoms with Crippen LogP contribution < -0.4 is 20.1 Å². The molecule has 0 bridgehead atoms. The quantitative estimate of drug-likeness (QED) is 0.259. The van der Waals surface area contributed by atoms with Crippen molar-refractivity contribution in [1.82, 2.24) is 34.1 Å². The van der Waals surface area contributed by atoms with E-state index in [1.807, 2.05) is 73.9 Å². The van der Waals surface area contributed by atoms with E-state index >= 15 is 0 Å². The zero-order chi connectivity index (χ0) is 42.2. The monoisotopic (exact) mass is 819 g/mol. The second-order valence-corrected chi connectivity index (χ2v) is 19.0. The fraction of sp³-hybridized carbons (Fsp3) is 0.548. The highest BCUT2D eigenvalue weighted by Crippen LogP contribution is 2.46. The summed E-state index contributed by atoms with van der Waals surface area (Å²) in [6.07, 6.45) is 5.66. The first-order valence-corrected chi connectivity index (χ1v) is 21.5. The molecule has 3 heterocycles. The second-order valence-electron chi connectivity index (χ2n) is 17.1. The molecule has 1 saturated heterocycles. The van der Waals surface area contributed by atoms with Crippen LogP contribution in [0.5, 0.6) is 6.01 Å². The van der Waals surface area contributed by atoms with Gasteiger partial charge in [-0.1, -0.05) is 61.4 Å². The van der Waals surface area contributed by atoms with Gasteiger partial charge in [-0.2, -0.15) is 17.7 Å². The van der Waals surface area contributed by atoms with E-state index in [1.165, 1.54) is 19.0 Å². The first-order chi connectivity index (χ1) is 27.3. The third kappa shape index (κ3) is 9.17. The molecule has 1 aromatic heterocycles. The number of carbonyl (C=O) groups excluding carboxylic acids is 4. The molecule has 3 aromatic rings. The number of aromatic nitrogens is 2. The van der Waals surface area contributed by atoms with Crippen molar-refractivity contribution < 1.29 is 37.1 Å². The first-order valence-electron chi connectivity index (χ1n) is 20.1. The molecule has 314 valence electrons. The molecule has 5 atom stereocenters. The number of aryl methyl sites for hydroxylation is 1. The number of alkyl carbamates (subject to hydrolysis) is 1. The van der Waals surface area contributed by atoms with Gasteiger partial charge in [0.05, 0.1) is 12.1 Å². The molecule has 16 heteroatoms. The summed E-state index contributed by atoms with van der Waals surface area (Å²) in [7, 11) is -1.58. The Bertz CT molecular complexity index is 2190. The Hall–Kier alpha value is -4.96. The van der Waals surface area contributed by atoms with Crippen LogP contribution in [0.3, 0.4) is 0 Å². The summed E-state index contributed by atoms with van der Waals surface area (Å²) in [4.78, 5) is 62.5. The number of imidazole rings is 1. The third-order valence-corrected chi connectivity index (χ3v) is 12.4. The maximum atomic E-state index is 14.6. The van der Waals surface area contributed by atoms with E-state index in [2.05, 4.69) is 21.4 Å². The number of hydrogen-bond donors (Lipinski definition) is 3. The number of amides is 4. The molecule has 0 radical (unpaired) electrons. The van der Waals surface area contributed by atoms with Gasteiger partial charge >= 0.3 is 16.3 Å². The third-order valence-electron chi connectivity index (χ3n) is 10.9. The minimum atomic E-state index is -4.18. The van der Waals surface area contributed by atoms with E-state index in [-0.39, 0.29) is 25.4 Å². The average Bonchev–Trinajstić information content (AvgIpc) is 3.46. The molecule has 15 nitrogen and oxygen atoms in total. The molecule has 3 N–H and O–H groups in total. The fourth-order valence-corrected chi connectivity index (χ4v) is 8.43. The smallest absolute Gasteiger partial charge is 0.408 e. The van der Waals surface area contributed by atoms with E-state index in [0.29, 0.717) is 25.3 Å². The summed E-state index contributed by atoms with van der Waals surface area (Å²) in [5.74, 6) is -2.47. The van der Waals surface area contributed by atoms with Gasteiger partial charge in [0.25, 0.3) is 11.9 Å². The van der Waals surface area contributed by atoms with E-state index in [0.717, 1.165) is 44.9 Å². The van der Waals surface area contributed by atoms with Gasteiger partial charge in [0.2, 0.25) is 11.8 Å². The van der Waals surface area contributed by atoms with Crippen molar-refractivity contribution in [3.63, 3.8) is 0 Å². The number of para-hydroxylation sites is 1. The highest BCUT2D eigenvalue weighted by Gasteiger charge is 2.62. The molecule has 1 saturated carbocycles. The largest absolute Gasteiger partial charge is 0.459 e. The zero-order valence-corrected chi connectivity index (χ0v) is 35.5. The minimum absolute atomic E-state index is 0.0209. The molecule has 58 heavy (non-hydrogen) atoms. The summed E-state index contributed by atoms with van der Waals surface area (Å²) in [5, 5.41) is 5.64. The number of rotatable bonds is 8. The normalized spacial score (nSPS) is 24.4. The van der Waals surface area contributed by atoms with Crippen molar-refractivity contribution in [3.8, 4) is 17.1 Å². The Morgan fingerprint density at radius 1 is 1.03 bits per heavy atom. The molecular weight excluding hydrogens is 763 g/mol. The number of carbonyl (C=O) groups is 4. The van der Waals surface area contributed by atoms with Gasteiger partial charge in [-0.3, -0.25) is 19.0 Å². The van der Waals surface area contributed by atoms with Crippen LogP contribution in [0.1, 0.15) is 91.2 Å². The van der Waals surface area contributed by atoms with Crippen molar-refractivity contribution >= 4 is 45.1 Å². The Labute approximate surface area is 341 Å². The number of fused-ring (bicyclic) bond motifs is 3. The lowest BCUT2D eigenvalue weighted by Crippen LogP contribution is -2.58. The Balaban J connectivity index is 1.37. The molecule has 3 aliphatic rings. The fourth-order valence-electron chi connectivity index (χ4n) is 7.83. The number of ether oxygens (including phenoxy) is 2. The summed E-state index contributed by atoms with van der Waals surface area (Å²) >= 11 is 0. The maximum Gasteiger partial charge on any atom is 0.408 e. The number of benzene rings is 2. The molecule has 1 aliphatic carbocycles. The number of nitrogens with zero attached hydrogens (tertiary/aromatic N) is 4. The molecule has 0 unspecified atom stereocenters. The van der Waals surface area contributed by atoms with Gasteiger partial charge in [0, 0.05) is 38.0 Å². The highest BCUT2D eigenvalue weighted by molar-refractivity contribution is 7.87. The van der Waals surface area contributed by atoms with Gasteiger partial charge in [-0.05, 0) is 84.4 Å². The van der Waals surface area contributed by atoms with E-state index < -0.39 is 69.3 Å². The second kappa shape index (κ2) is 16.7. The van der Waals surface area contributed by atoms with Gasteiger partial charge < -0.3 is 25.0 Å². The Morgan fingerprint density at radius 2 is 1.76 bits per heavy atom. The van der Waals surface area contributed by atoms with Crippen LogP contribution in [0, 0.1) is 12.8 Å². The van der Waals surface area contributed by atoms with Crippen LogP contribution in [-0.2, 0) is 29.3 Å². The van der Waals surface area contributed by atoms with Gasteiger partial charge in [0.15, 0.2) is 0 Å². The Kier molecular flexibility index (Phi) is 12.3. The van der Waals surface area contributed by atoms with Gasteiger partial charge in [-0.15, -0.1) is 0 Å². The van der Waals surface area contributed by atoms with Crippen molar-refractivity contribution in [1.29, 1.82) is 0 Å². The first kappa shape index (κ1) is 42.6. The van der Waals surface area contributed by atoms with Crippen LogP contribution in [0.2, 0.25) is 0 Å². The highest BCUT2D eigenvalue weighted by atomic mass is 32.2. The standard InChI is InChI=1S/C42H57N7O8S/c1-26(2)49-33-22-16-20-31(30-19-15-14-17-27(30)3)35(33)44-39(49)56-29-23-34-36(50)45-42(38(52)46-58(54,55)47(7)8)24-28(42)18-12-10-9-11-13-21-32(37(51)48(34)25-29)43-40(53)57-41(4,5)6/h12,14-20,22,26,28-29,32,34H,9-11,13,21,23-25H2,1-8H3,(H,43,53)(H,45,50)(H,46,52)/t28-,29-,32+,34+,42-/m1/s1.